The predicted octanol–water partition coefficient (Wildman–Crippen LogP) is 2.40. The molecule has 8 heteroatoms. The van der Waals surface area contributed by atoms with Crippen LogP contribution in [0.2, 0.25) is 0 Å². The fourth-order valence-corrected chi connectivity index (χ4v) is 5.05. The molecule has 21 heavy (non-hydrogen) atoms. The maximum atomic E-state index is 12.4. The number of nitrogens with zero attached hydrogens (tertiary/aromatic N) is 1. The first kappa shape index (κ1) is 16.6. The predicted molar refractivity (Wildman–Crippen MR) is 87.4 cm³/mol. The maximum absolute atomic E-state index is 12.4. The summed E-state index contributed by atoms with van der Waals surface area (Å²) in [6.45, 7) is 5.70. The van der Waals surface area contributed by atoms with Gasteiger partial charge in [0.2, 0.25) is 10.0 Å². The van der Waals surface area contributed by atoms with Gasteiger partial charge in [0.15, 0.2) is 0 Å². The molecule has 1 atom stereocenters. The Morgan fingerprint density at radius 3 is 2.81 bits per heavy atom. The van der Waals surface area contributed by atoms with E-state index in [1.165, 1.54) is 22.7 Å². The topological polar surface area (TPSA) is 71.1 Å². The zero-order chi connectivity index (χ0) is 15.3. The molecule has 2 rings (SSSR count). The van der Waals surface area contributed by atoms with Crippen molar-refractivity contribution in [2.75, 3.05) is 13.1 Å². The highest BCUT2D eigenvalue weighted by molar-refractivity contribution is 7.89. The van der Waals surface area contributed by atoms with Gasteiger partial charge in [0.25, 0.3) is 0 Å². The first-order valence-electron chi connectivity index (χ1n) is 6.70. The smallest absolute Gasteiger partial charge is 0.241 e. The van der Waals surface area contributed by atoms with Crippen molar-refractivity contribution in [2.45, 2.75) is 31.2 Å². The van der Waals surface area contributed by atoms with E-state index in [1.807, 2.05) is 24.6 Å². The zero-order valence-corrected chi connectivity index (χ0v) is 14.4. The van der Waals surface area contributed by atoms with Gasteiger partial charge in [0.1, 0.15) is 0 Å². The first-order valence-corrected chi connectivity index (χ1v) is 9.95. The number of hydrogen-bond acceptors (Lipinski definition) is 6. The van der Waals surface area contributed by atoms with Crippen molar-refractivity contribution in [3.63, 3.8) is 0 Å². The van der Waals surface area contributed by atoms with Crippen LogP contribution in [0.4, 0.5) is 0 Å². The summed E-state index contributed by atoms with van der Waals surface area (Å²) in [6.07, 6.45) is 1.73. The second-order valence-corrected chi connectivity index (χ2v) is 8.27. The van der Waals surface area contributed by atoms with Crippen LogP contribution in [0.5, 0.6) is 0 Å². The molecule has 116 valence electrons. The van der Waals surface area contributed by atoms with E-state index < -0.39 is 10.0 Å². The second kappa shape index (κ2) is 7.46. The van der Waals surface area contributed by atoms with Crippen molar-refractivity contribution in [1.82, 2.24) is 15.0 Å². The van der Waals surface area contributed by atoms with Gasteiger partial charge >= 0.3 is 0 Å². The lowest BCUT2D eigenvalue weighted by Gasteiger charge is -2.11. The van der Waals surface area contributed by atoms with Gasteiger partial charge in [0.05, 0.1) is 9.90 Å². The van der Waals surface area contributed by atoms with Gasteiger partial charge in [-0.15, -0.1) is 22.7 Å². The standard InChI is InChI=1S/C13H19N3O2S3/c1-3-14-9-11-12(4-6-19-11)21(17,18)16-8-10(2)13-15-5-7-20-13/h4-7,10,14,16H,3,8-9H2,1-2H3. The minimum atomic E-state index is -3.47. The van der Waals surface area contributed by atoms with Crippen LogP contribution in [-0.2, 0) is 16.6 Å². The van der Waals surface area contributed by atoms with Gasteiger partial charge in [-0.25, -0.2) is 18.1 Å². The van der Waals surface area contributed by atoms with Crippen LogP contribution in [0.1, 0.15) is 29.7 Å². The van der Waals surface area contributed by atoms with Crippen molar-refractivity contribution < 1.29 is 8.42 Å². The molecule has 2 aromatic rings. The zero-order valence-electron chi connectivity index (χ0n) is 12.0. The van der Waals surface area contributed by atoms with Crippen LogP contribution < -0.4 is 10.0 Å². The summed E-state index contributed by atoms with van der Waals surface area (Å²) in [6, 6.07) is 1.66. The van der Waals surface area contributed by atoms with E-state index in [2.05, 4.69) is 15.0 Å². The minimum absolute atomic E-state index is 0.0654. The molecule has 5 nitrogen and oxygen atoms in total. The molecule has 2 heterocycles. The molecule has 0 spiro atoms. The summed E-state index contributed by atoms with van der Waals surface area (Å²) in [5, 5.41) is 7.81. The number of nitrogens with one attached hydrogen (secondary N) is 2. The van der Waals surface area contributed by atoms with E-state index in [1.54, 1.807) is 12.3 Å². The summed E-state index contributed by atoms with van der Waals surface area (Å²) in [5.41, 5.74) is 0. The van der Waals surface area contributed by atoms with Crippen molar-refractivity contribution >= 4 is 32.7 Å². The van der Waals surface area contributed by atoms with Crippen molar-refractivity contribution in [2.24, 2.45) is 0 Å². The monoisotopic (exact) mass is 345 g/mol. The Balaban J connectivity index is 2.03. The molecule has 0 amide bonds. The third-order valence-corrected chi connectivity index (χ3v) is 6.55. The van der Waals surface area contributed by atoms with E-state index >= 15 is 0 Å². The Hall–Kier alpha value is -0.800. The molecule has 0 bridgehead atoms. The van der Waals surface area contributed by atoms with Crippen LogP contribution in [0, 0.1) is 0 Å². The Labute approximate surface area is 133 Å². The average molecular weight is 346 g/mol. The highest BCUT2D eigenvalue weighted by Gasteiger charge is 2.20. The Morgan fingerprint density at radius 1 is 1.33 bits per heavy atom. The van der Waals surface area contributed by atoms with E-state index in [0.29, 0.717) is 18.0 Å². The van der Waals surface area contributed by atoms with Crippen LogP contribution in [-0.4, -0.2) is 26.5 Å². The minimum Gasteiger partial charge on any atom is -0.312 e. The summed E-state index contributed by atoms with van der Waals surface area (Å²) >= 11 is 3.00. The quantitative estimate of drug-likeness (QED) is 0.771. The van der Waals surface area contributed by atoms with Crippen molar-refractivity contribution in [3.8, 4) is 0 Å². The molecule has 1 unspecified atom stereocenters. The molecule has 0 saturated heterocycles. The Kier molecular flexibility index (Phi) is 5.88. The summed E-state index contributed by atoms with van der Waals surface area (Å²) in [5.74, 6) is 0.0654. The highest BCUT2D eigenvalue weighted by Crippen LogP contribution is 2.23. The van der Waals surface area contributed by atoms with E-state index in [4.69, 9.17) is 0 Å². The van der Waals surface area contributed by atoms with Crippen LogP contribution in [0.25, 0.3) is 0 Å². The van der Waals surface area contributed by atoms with Gasteiger partial charge in [-0.3, -0.25) is 0 Å². The highest BCUT2D eigenvalue weighted by atomic mass is 32.2. The van der Waals surface area contributed by atoms with Gasteiger partial charge < -0.3 is 5.32 Å². The number of thiophene rings is 1. The maximum Gasteiger partial charge on any atom is 0.241 e. The summed E-state index contributed by atoms with van der Waals surface area (Å²) in [4.78, 5) is 5.43. The number of hydrogen-bond donors (Lipinski definition) is 2. The van der Waals surface area contributed by atoms with Gasteiger partial charge in [-0.05, 0) is 18.0 Å². The normalized spacial score (nSPS) is 13.4. The summed E-state index contributed by atoms with van der Waals surface area (Å²) in [7, 11) is -3.47. The third kappa shape index (κ3) is 4.33. The van der Waals surface area contributed by atoms with Gasteiger partial charge in [-0.1, -0.05) is 13.8 Å². The molecule has 2 N–H and O–H groups in total. The summed E-state index contributed by atoms with van der Waals surface area (Å²) < 4.78 is 27.5. The molecule has 0 aliphatic rings. The SMILES string of the molecule is CCNCc1sccc1S(=O)(=O)NCC(C)c1nccs1. The molecule has 0 saturated carbocycles. The van der Waals surface area contributed by atoms with E-state index in [0.717, 1.165) is 16.4 Å². The molecule has 0 aromatic carbocycles. The van der Waals surface area contributed by atoms with Crippen LogP contribution >= 0.6 is 22.7 Å². The number of sulfonamides is 1. The molecule has 0 fully saturated rings. The second-order valence-electron chi connectivity index (χ2n) is 4.61. The Morgan fingerprint density at radius 2 is 2.14 bits per heavy atom. The van der Waals surface area contributed by atoms with Crippen molar-refractivity contribution in [1.29, 1.82) is 0 Å². The fraction of sp³-hybridized carbons (Fsp3) is 0.462. The largest absolute Gasteiger partial charge is 0.312 e. The van der Waals surface area contributed by atoms with Crippen molar-refractivity contribution in [3.05, 3.63) is 32.9 Å². The third-order valence-electron chi connectivity index (χ3n) is 2.98. The molecule has 0 aliphatic carbocycles. The van der Waals surface area contributed by atoms with E-state index in [9.17, 15) is 8.42 Å². The molecular formula is C13H19N3O2S3. The lowest BCUT2D eigenvalue weighted by atomic mass is 10.2. The molecule has 0 radical (unpaired) electrons. The van der Waals surface area contributed by atoms with E-state index in [-0.39, 0.29) is 5.92 Å². The Bertz CT molecular complexity index is 650. The lowest BCUT2D eigenvalue weighted by molar-refractivity contribution is 0.573. The lowest BCUT2D eigenvalue weighted by Crippen LogP contribution is -2.28. The van der Waals surface area contributed by atoms with Gasteiger partial charge in [-0.2, -0.15) is 0 Å². The number of rotatable bonds is 8. The molecule has 2 aromatic heterocycles. The van der Waals surface area contributed by atoms with Crippen LogP contribution in [0.15, 0.2) is 27.9 Å². The first-order chi connectivity index (χ1) is 10.0. The fourth-order valence-electron chi connectivity index (χ4n) is 1.81. The molecule has 0 aliphatic heterocycles. The average Bonchev–Trinajstić information content (AvgIpc) is 3.13. The van der Waals surface area contributed by atoms with Crippen LogP contribution in [0.3, 0.4) is 0 Å². The number of aromatic nitrogens is 1. The van der Waals surface area contributed by atoms with Gasteiger partial charge in [0, 0.05) is 35.5 Å². The molecular weight excluding hydrogens is 326 g/mol. The number of thiazole rings is 1.